The molecule has 5 heterocycles. The number of carbonyl (C=O) groups is 1. The van der Waals surface area contributed by atoms with E-state index in [0.29, 0.717) is 18.4 Å². The normalized spacial score (nSPS) is 27.3. The highest BCUT2D eigenvalue weighted by atomic mass is 127. The number of aryl methyl sites for hydroxylation is 1. The number of piperidine rings is 1. The lowest BCUT2D eigenvalue weighted by atomic mass is 10.0. The van der Waals surface area contributed by atoms with Crippen LogP contribution in [0.3, 0.4) is 0 Å². The molecule has 38 heavy (non-hydrogen) atoms. The van der Waals surface area contributed by atoms with E-state index in [0.717, 1.165) is 76.8 Å². The van der Waals surface area contributed by atoms with Gasteiger partial charge in [0.25, 0.3) is 0 Å². The fraction of sp³-hybridized carbons (Fsp3) is 0.654. The summed E-state index contributed by atoms with van der Waals surface area (Å²) in [7, 11) is 0. The Morgan fingerprint density at radius 3 is 2.84 bits per heavy atom. The molecule has 2 aliphatic heterocycles. The standard InChI is InChI=1S/C26H34IN7O3S/c1-15-13-38-23(30-15)26(14-29-24(35)37-25(2,3)4)16-8-9-33(12-17(16)26)18-11-28-20-21(27)32-34(22(20)31-18)19-7-5-6-10-36-19/h11,13,16-17,19H,5-10,12,14H2,1-4H3,(H,29,35)/t16-,17+,19?,26+/m1/s1. The Balaban J connectivity index is 1.25. The summed E-state index contributed by atoms with van der Waals surface area (Å²) in [5, 5.41) is 11.0. The van der Waals surface area contributed by atoms with Gasteiger partial charge in [-0.2, -0.15) is 5.10 Å². The Morgan fingerprint density at radius 2 is 2.13 bits per heavy atom. The topological polar surface area (TPSA) is 107 Å². The predicted molar refractivity (Wildman–Crippen MR) is 153 cm³/mol. The van der Waals surface area contributed by atoms with Crippen LogP contribution >= 0.6 is 33.9 Å². The Bertz CT molecular complexity index is 1350. The number of hydrogen-bond acceptors (Lipinski definition) is 9. The van der Waals surface area contributed by atoms with Crippen molar-refractivity contribution in [2.45, 2.75) is 70.6 Å². The summed E-state index contributed by atoms with van der Waals surface area (Å²) in [6.45, 7) is 10.7. The molecule has 1 aliphatic carbocycles. The molecule has 1 unspecified atom stereocenters. The van der Waals surface area contributed by atoms with E-state index in [-0.39, 0.29) is 17.7 Å². The van der Waals surface area contributed by atoms with Crippen molar-refractivity contribution < 1.29 is 14.3 Å². The number of rotatable bonds is 5. The number of hydrogen-bond donors (Lipinski definition) is 1. The van der Waals surface area contributed by atoms with Crippen molar-refractivity contribution in [3.05, 3.63) is 26.0 Å². The lowest BCUT2D eigenvalue weighted by Gasteiger charge is -2.27. The molecule has 0 radical (unpaired) electrons. The molecule has 6 rings (SSSR count). The highest BCUT2D eigenvalue weighted by Gasteiger charge is 2.68. The maximum absolute atomic E-state index is 12.6. The molecule has 0 bridgehead atoms. The van der Waals surface area contributed by atoms with E-state index in [1.165, 1.54) is 0 Å². The fourth-order valence-corrected chi connectivity index (χ4v) is 7.81. The van der Waals surface area contributed by atoms with Crippen LogP contribution in [0.25, 0.3) is 11.2 Å². The maximum atomic E-state index is 12.6. The van der Waals surface area contributed by atoms with Crippen molar-refractivity contribution in [1.29, 1.82) is 0 Å². The quantitative estimate of drug-likeness (QED) is 0.392. The van der Waals surface area contributed by atoms with Gasteiger partial charge >= 0.3 is 6.09 Å². The molecule has 0 aromatic carbocycles. The lowest BCUT2D eigenvalue weighted by Crippen LogP contribution is -2.38. The number of amides is 1. The summed E-state index contributed by atoms with van der Waals surface area (Å²) < 4.78 is 14.3. The summed E-state index contributed by atoms with van der Waals surface area (Å²) in [4.78, 5) is 29.6. The van der Waals surface area contributed by atoms with E-state index in [9.17, 15) is 4.79 Å². The van der Waals surface area contributed by atoms with Crippen LogP contribution in [0.1, 0.15) is 63.4 Å². The smallest absolute Gasteiger partial charge is 0.407 e. The summed E-state index contributed by atoms with van der Waals surface area (Å²) in [6, 6.07) is 0. The number of aromatic nitrogens is 5. The van der Waals surface area contributed by atoms with Crippen molar-refractivity contribution in [2.75, 3.05) is 31.1 Å². The third-order valence-corrected chi connectivity index (χ3v) is 9.75. The highest BCUT2D eigenvalue weighted by molar-refractivity contribution is 14.1. The molecule has 12 heteroatoms. The minimum Gasteiger partial charge on any atom is -0.444 e. The van der Waals surface area contributed by atoms with Crippen molar-refractivity contribution in [3.63, 3.8) is 0 Å². The molecule has 4 atom stereocenters. The minimum atomic E-state index is -0.535. The van der Waals surface area contributed by atoms with Crippen molar-refractivity contribution in [2.24, 2.45) is 11.8 Å². The summed E-state index contributed by atoms with van der Waals surface area (Å²) in [6.07, 6.45) is 5.55. The molecule has 204 valence electrons. The van der Waals surface area contributed by atoms with Gasteiger partial charge < -0.3 is 19.7 Å². The molecule has 3 aliphatic rings. The van der Waals surface area contributed by atoms with Gasteiger partial charge in [0, 0.05) is 42.7 Å². The van der Waals surface area contributed by atoms with Crippen molar-refractivity contribution in [3.8, 4) is 0 Å². The Kier molecular flexibility index (Phi) is 6.78. The number of nitrogens with zero attached hydrogens (tertiary/aromatic N) is 6. The summed E-state index contributed by atoms with van der Waals surface area (Å²) >= 11 is 3.93. The average Bonchev–Trinajstić information content (AvgIpc) is 3.11. The molecule has 2 saturated heterocycles. The Morgan fingerprint density at radius 1 is 1.29 bits per heavy atom. The van der Waals surface area contributed by atoms with E-state index >= 15 is 0 Å². The molecule has 3 fully saturated rings. The van der Waals surface area contributed by atoms with Gasteiger partial charge in [-0.05, 0) is 87.8 Å². The zero-order chi connectivity index (χ0) is 26.7. The number of carbonyl (C=O) groups excluding carboxylic acids is 1. The van der Waals surface area contributed by atoms with Crippen LogP contribution in [0, 0.1) is 22.5 Å². The van der Waals surface area contributed by atoms with Crippen LogP contribution in [0.2, 0.25) is 0 Å². The first kappa shape index (κ1) is 26.2. The van der Waals surface area contributed by atoms with Crippen molar-refractivity contribution in [1.82, 2.24) is 30.0 Å². The van der Waals surface area contributed by atoms with E-state index in [1.807, 2.05) is 38.6 Å². The van der Waals surface area contributed by atoms with Gasteiger partial charge in [0.1, 0.15) is 21.9 Å². The number of fused-ring (bicyclic) bond motifs is 2. The molecular weight excluding hydrogens is 617 g/mol. The maximum Gasteiger partial charge on any atom is 0.407 e. The number of halogens is 1. The van der Waals surface area contributed by atoms with Gasteiger partial charge in [-0.3, -0.25) is 0 Å². The zero-order valence-corrected chi connectivity index (χ0v) is 25.2. The fourth-order valence-electron chi connectivity index (χ4n) is 6.08. The van der Waals surface area contributed by atoms with Crippen LogP contribution in [0.4, 0.5) is 10.6 Å². The van der Waals surface area contributed by atoms with Gasteiger partial charge in [-0.15, -0.1) is 11.3 Å². The first-order chi connectivity index (χ1) is 18.2. The first-order valence-electron chi connectivity index (χ1n) is 13.3. The number of anilines is 1. The van der Waals surface area contributed by atoms with Crippen LogP contribution in [0.5, 0.6) is 0 Å². The minimum absolute atomic E-state index is 0.0896. The van der Waals surface area contributed by atoms with Gasteiger partial charge in [-0.1, -0.05) is 0 Å². The van der Waals surface area contributed by atoms with Crippen LogP contribution < -0.4 is 10.2 Å². The third kappa shape index (κ3) is 4.76. The molecule has 3 aromatic heterocycles. The number of thiazole rings is 1. The second-order valence-corrected chi connectivity index (χ2v) is 13.5. The highest BCUT2D eigenvalue weighted by Crippen LogP contribution is 2.63. The van der Waals surface area contributed by atoms with Gasteiger partial charge in [0.15, 0.2) is 15.6 Å². The summed E-state index contributed by atoms with van der Waals surface area (Å²) in [5.74, 6) is 1.68. The monoisotopic (exact) mass is 651 g/mol. The lowest BCUT2D eigenvalue weighted by molar-refractivity contribution is -0.0372. The second-order valence-electron chi connectivity index (χ2n) is 11.6. The molecule has 10 nitrogen and oxygen atoms in total. The van der Waals surface area contributed by atoms with Gasteiger partial charge in [-0.25, -0.2) is 24.4 Å². The van der Waals surface area contributed by atoms with E-state index in [2.05, 4.69) is 38.2 Å². The first-order valence-corrected chi connectivity index (χ1v) is 15.3. The van der Waals surface area contributed by atoms with Crippen LogP contribution in [-0.4, -0.2) is 62.7 Å². The molecule has 1 saturated carbocycles. The average molecular weight is 652 g/mol. The number of ether oxygens (including phenoxy) is 2. The van der Waals surface area contributed by atoms with Gasteiger partial charge in [0.2, 0.25) is 0 Å². The van der Waals surface area contributed by atoms with E-state index in [1.54, 1.807) is 11.3 Å². The zero-order valence-electron chi connectivity index (χ0n) is 22.2. The molecule has 0 spiro atoms. The Labute approximate surface area is 240 Å². The predicted octanol–water partition coefficient (Wildman–Crippen LogP) is 4.81. The third-order valence-electron chi connectivity index (χ3n) is 7.87. The van der Waals surface area contributed by atoms with Crippen LogP contribution in [0.15, 0.2) is 11.6 Å². The van der Waals surface area contributed by atoms with E-state index in [4.69, 9.17) is 29.5 Å². The SMILES string of the molecule is Cc1csc([C@@]2(CNC(=O)OC(C)(C)C)[C@@H]3CCN(c4cnc5c(I)nn(C6CCCCO6)c5n4)C[C@@H]32)n1. The second kappa shape index (κ2) is 9.84. The molecule has 3 aromatic rings. The molecular formula is C26H34IN7O3S. The van der Waals surface area contributed by atoms with Crippen LogP contribution in [-0.2, 0) is 14.9 Å². The van der Waals surface area contributed by atoms with Crippen molar-refractivity contribution >= 4 is 57.0 Å². The largest absolute Gasteiger partial charge is 0.444 e. The van der Waals surface area contributed by atoms with E-state index < -0.39 is 5.60 Å². The summed E-state index contributed by atoms with van der Waals surface area (Å²) in [5.41, 5.74) is 1.90. The number of alkyl carbamates (subject to hydrolysis) is 1. The molecule has 1 N–H and O–H groups in total. The van der Waals surface area contributed by atoms with Gasteiger partial charge in [0.05, 0.1) is 6.20 Å². The Hall–Kier alpha value is -2.06. The number of nitrogens with one attached hydrogen (secondary N) is 1. The molecule has 1 amide bonds.